The highest BCUT2D eigenvalue weighted by atomic mass is 16.2. The minimum absolute atomic E-state index is 0.00564. The summed E-state index contributed by atoms with van der Waals surface area (Å²) in [6, 6.07) is 14.1. The van der Waals surface area contributed by atoms with E-state index < -0.39 is 11.9 Å². The predicted octanol–water partition coefficient (Wildman–Crippen LogP) is 1.86. The lowest BCUT2D eigenvalue weighted by atomic mass is 10.1. The van der Waals surface area contributed by atoms with E-state index in [9.17, 15) is 24.0 Å². The number of likely N-dealkylation sites (tertiary alicyclic amines) is 1. The first-order valence-corrected chi connectivity index (χ1v) is 11.4. The first-order chi connectivity index (χ1) is 16.8. The second-order valence-corrected chi connectivity index (χ2v) is 8.73. The summed E-state index contributed by atoms with van der Waals surface area (Å²) >= 11 is 0. The molecule has 1 atom stereocenters. The topological polar surface area (TPSA) is 128 Å². The van der Waals surface area contributed by atoms with Gasteiger partial charge in [0.25, 0.3) is 0 Å². The van der Waals surface area contributed by atoms with Crippen LogP contribution < -0.4 is 16.0 Å². The largest absolute Gasteiger partial charge is 0.338 e. The molecule has 2 heterocycles. The number of hydrogen-bond acceptors (Lipinski definition) is 5. The maximum Gasteiger partial charge on any atom is 0.324 e. The number of imide groups is 1. The standard InChI is InChI=1S/C25H27N5O5/c1-16-2-4-17(5-3-16)14-29-15-18(12-22(29)32)24(34)28-20-8-6-19(7-9-20)27-21(31)10-11-30-23(33)13-26-25(30)35/h2-9,18H,10-15H2,1H3,(H,26,35)(H,27,31)(H,28,34). The van der Waals surface area contributed by atoms with E-state index in [4.69, 9.17) is 0 Å². The molecular formula is C25H27N5O5. The Morgan fingerprint density at radius 3 is 2.23 bits per heavy atom. The van der Waals surface area contributed by atoms with Crippen LogP contribution in [0, 0.1) is 12.8 Å². The van der Waals surface area contributed by atoms with Crippen molar-refractivity contribution < 1.29 is 24.0 Å². The molecule has 0 saturated carbocycles. The van der Waals surface area contributed by atoms with Crippen molar-refractivity contribution in [2.45, 2.75) is 26.3 Å². The second-order valence-electron chi connectivity index (χ2n) is 8.73. The number of aryl methyl sites for hydroxylation is 1. The van der Waals surface area contributed by atoms with Crippen LogP contribution in [-0.4, -0.2) is 59.1 Å². The molecule has 0 spiro atoms. The molecule has 182 valence electrons. The van der Waals surface area contributed by atoms with Gasteiger partial charge < -0.3 is 20.9 Å². The molecule has 0 bridgehead atoms. The van der Waals surface area contributed by atoms with Gasteiger partial charge in [0.1, 0.15) is 0 Å². The fourth-order valence-electron chi connectivity index (χ4n) is 4.01. The number of nitrogens with zero attached hydrogens (tertiary/aromatic N) is 2. The summed E-state index contributed by atoms with van der Waals surface area (Å²) < 4.78 is 0. The maximum atomic E-state index is 12.7. The lowest BCUT2D eigenvalue weighted by molar-refractivity contribution is -0.128. The Morgan fingerprint density at radius 1 is 0.943 bits per heavy atom. The minimum Gasteiger partial charge on any atom is -0.338 e. The van der Waals surface area contributed by atoms with E-state index in [0.29, 0.717) is 24.5 Å². The van der Waals surface area contributed by atoms with Gasteiger partial charge in [-0.15, -0.1) is 0 Å². The molecule has 4 rings (SSSR count). The van der Waals surface area contributed by atoms with Crippen LogP contribution in [0.1, 0.15) is 24.0 Å². The number of carbonyl (C=O) groups excluding carboxylic acids is 5. The van der Waals surface area contributed by atoms with Gasteiger partial charge in [-0.1, -0.05) is 29.8 Å². The molecule has 35 heavy (non-hydrogen) atoms. The fourth-order valence-corrected chi connectivity index (χ4v) is 4.01. The van der Waals surface area contributed by atoms with E-state index in [-0.39, 0.29) is 49.6 Å². The predicted molar refractivity (Wildman–Crippen MR) is 128 cm³/mol. The molecule has 0 aromatic heterocycles. The van der Waals surface area contributed by atoms with Crippen LogP contribution in [-0.2, 0) is 25.7 Å². The molecule has 2 saturated heterocycles. The first kappa shape index (κ1) is 23.9. The van der Waals surface area contributed by atoms with Crippen LogP contribution in [0.15, 0.2) is 48.5 Å². The minimum atomic E-state index is -0.495. The van der Waals surface area contributed by atoms with Crippen molar-refractivity contribution in [3.05, 3.63) is 59.7 Å². The average molecular weight is 478 g/mol. The third-order valence-corrected chi connectivity index (χ3v) is 6.02. The molecule has 10 nitrogen and oxygen atoms in total. The number of rotatable bonds is 8. The van der Waals surface area contributed by atoms with Gasteiger partial charge >= 0.3 is 6.03 Å². The number of carbonyl (C=O) groups is 5. The van der Waals surface area contributed by atoms with E-state index in [1.807, 2.05) is 31.2 Å². The average Bonchev–Trinajstić information content (AvgIpc) is 3.36. The highest BCUT2D eigenvalue weighted by Gasteiger charge is 2.34. The zero-order valence-corrected chi connectivity index (χ0v) is 19.4. The molecule has 6 amide bonds. The number of urea groups is 1. The lowest BCUT2D eigenvalue weighted by Crippen LogP contribution is -2.33. The van der Waals surface area contributed by atoms with Crippen molar-refractivity contribution in [2.75, 3.05) is 30.3 Å². The van der Waals surface area contributed by atoms with Gasteiger partial charge in [0.2, 0.25) is 23.6 Å². The van der Waals surface area contributed by atoms with Crippen molar-refractivity contribution in [1.29, 1.82) is 0 Å². The quantitative estimate of drug-likeness (QED) is 0.500. The number of benzene rings is 2. The van der Waals surface area contributed by atoms with Gasteiger partial charge in [-0.05, 0) is 36.8 Å². The molecule has 0 aliphatic carbocycles. The summed E-state index contributed by atoms with van der Waals surface area (Å²) in [5, 5.41) is 7.93. The third kappa shape index (κ3) is 6.03. The summed E-state index contributed by atoms with van der Waals surface area (Å²) in [4.78, 5) is 63.0. The van der Waals surface area contributed by atoms with Crippen LogP contribution in [0.2, 0.25) is 0 Å². The number of amides is 6. The molecule has 2 aromatic carbocycles. The molecule has 2 fully saturated rings. The number of hydrogen-bond donors (Lipinski definition) is 3. The van der Waals surface area contributed by atoms with Crippen LogP contribution in [0.25, 0.3) is 0 Å². The van der Waals surface area contributed by atoms with E-state index in [0.717, 1.165) is 16.0 Å². The van der Waals surface area contributed by atoms with E-state index in [1.54, 1.807) is 29.2 Å². The van der Waals surface area contributed by atoms with Gasteiger partial charge in [0.15, 0.2) is 0 Å². The zero-order valence-electron chi connectivity index (χ0n) is 19.4. The van der Waals surface area contributed by atoms with Crippen LogP contribution in [0.5, 0.6) is 0 Å². The molecular weight excluding hydrogens is 450 g/mol. The Labute approximate surface area is 202 Å². The third-order valence-electron chi connectivity index (χ3n) is 6.02. The highest BCUT2D eigenvalue weighted by Crippen LogP contribution is 2.23. The monoisotopic (exact) mass is 477 g/mol. The highest BCUT2D eigenvalue weighted by molar-refractivity contribution is 6.02. The molecule has 2 aliphatic heterocycles. The summed E-state index contributed by atoms with van der Waals surface area (Å²) in [6.07, 6.45) is 0.149. The molecule has 3 N–H and O–H groups in total. The Balaban J connectivity index is 1.24. The van der Waals surface area contributed by atoms with Gasteiger partial charge in [-0.25, -0.2) is 4.79 Å². The lowest BCUT2D eigenvalue weighted by Gasteiger charge is -2.17. The molecule has 2 aromatic rings. The number of nitrogens with one attached hydrogen (secondary N) is 3. The molecule has 10 heteroatoms. The van der Waals surface area contributed by atoms with Crippen LogP contribution in [0.3, 0.4) is 0 Å². The van der Waals surface area contributed by atoms with Crippen molar-refractivity contribution in [2.24, 2.45) is 5.92 Å². The normalized spacial score (nSPS) is 17.5. The Hall–Kier alpha value is -4.21. The Bertz CT molecular complexity index is 1130. The smallest absolute Gasteiger partial charge is 0.324 e. The van der Waals surface area contributed by atoms with Crippen LogP contribution in [0.4, 0.5) is 16.2 Å². The number of anilines is 2. The fraction of sp³-hybridized carbons (Fsp3) is 0.320. The van der Waals surface area contributed by atoms with E-state index >= 15 is 0 Å². The second kappa shape index (κ2) is 10.4. The SMILES string of the molecule is Cc1ccc(CN2CC(C(=O)Nc3ccc(NC(=O)CCN4C(=O)CNC4=O)cc3)CC2=O)cc1. The van der Waals surface area contributed by atoms with E-state index in [1.165, 1.54) is 0 Å². The summed E-state index contributed by atoms with van der Waals surface area (Å²) in [5.74, 6) is -1.40. The maximum absolute atomic E-state index is 12.7. The molecule has 0 radical (unpaired) electrons. The van der Waals surface area contributed by atoms with Gasteiger partial charge in [-0.3, -0.25) is 24.1 Å². The van der Waals surface area contributed by atoms with Gasteiger partial charge in [0.05, 0.1) is 12.5 Å². The van der Waals surface area contributed by atoms with Crippen molar-refractivity contribution in [3.8, 4) is 0 Å². The van der Waals surface area contributed by atoms with Crippen molar-refractivity contribution in [3.63, 3.8) is 0 Å². The zero-order chi connectivity index (χ0) is 24.9. The van der Waals surface area contributed by atoms with Crippen molar-refractivity contribution >= 4 is 41.0 Å². The first-order valence-electron chi connectivity index (χ1n) is 11.4. The van der Waals surface area contributed by atoms with Gasteiger partial charge in [-0.2, -0.15) is 0 Å². The van der Waals surface area contributed by atoms with Crippen LogP contribution >= 0.6 is 0 Å². The van der Waals surface area contributed by atoms with Gasteiger partial charge in [0, 0.05) is 43.9 Å². The van der Waals surface area contributed by atoms with Crippen molar-refractivity contribution in [1.82, 2.24) is 15.1 Å². The molecule has 2 aliphatic rings. The Kier molecular flexibility index (Phi) is 7.09. The Morgan fingerprint density at radius 2 is 1.60 bits per heavy atom. The molecule has 1 unspecified atom stereocenters. The summed E-state index contributed by atoms with van der Waals surface area (Å²) in [5.41, 5.74) is 3.25. The summed E-state index contributed by atoms with van der Waals surface area (Å²) in [7, 11) is 0. The van der Waals surface area contributed by atoms with E-state index in [2.05, 4.69) is 16.0 Å². The summed E-state index contributed by atoms with van der Waals surface area (Å²) in [6.45, 7) is 2.81.